The Labute approximate surface area is 157 Å². The molecule has 4 heteroatoms. The molecule has 0 aliphatic rings. The van der Waals surface area contributed by atoms with Crippen molar-refractivity contribution in [3.63, 3.8) is 0 Å². The van der Waals surface area contributed by atoms with Crippen LogP contribution in [0.3, 0.4) is 0 Å². The Balaban J connectivity index is 3.70. The molecule has 0 aromatic rings. The highest BCUT2D eigenvalue weighted by molar-refractivity contribution is 5.66. The average molecular weight is 363 g/mol. The van der Waals surface area contributed by atoms with Gasteiger partial charge in [0.2, 0.25) is 0 Å². The summed E-state index contributed by atoms with van der Waals surface area (Å²) in [6, 6.07) is 0. The molecular formula is C22H34O4. The molecule has 2 atom stereocenters. The summed E-state index contributed by atoms with van der Waals surface area (Å²) in [7, 11) is 0. The second-order valence-corrected chi connectivity index (χ2v) is 6.01. The largest absolute Gasteiger partial charge is 0.481 e. The molecule has 0 amide bonds. The minimum Gasteiger partial charge on any atom is -0.481 e. The van der Waals surface area contributed by atoms with Crippen LogP contribution in [0, 0.1) is 0 Å². The summed E-state index contributed by atoms with van der Waals surface area (Å²) in [4.78, 5) is 10.3. The molecule has 0 fully saturated rings. The van der Waals surface area contributed by atoms with E-state index in [1.807, 2.05) is 43.4 Å². The van der Waals surface area contributed by atoms with Gasteiger partial charge >= 0.3 is 5.97 Å². The lowest BCUT2D eigenvalue weighted by atomic mass is 10.1. The number of hydrogen-bond acceptors (Lipinski definition) is 3. The van der Waals surface area contributed by atoms with Gasteiger partial charge in [-0.2, -0.15) is 0 Å². The van der Waals surface area contributed by atoms with Crippen molar-refractivity contribution in [3.8, 4) is 0 Å². The van der Waals surface area contributed by atoms with E-state index in [1.54, 1.807) is 0 Å². The fourth-order valence-electron chi connectivity index (χ4n) is 2.09. The molecule has 146 valence electrons. The van der Waals surface area contributed by atoms with Crippen molar-refractivity contribution >= 4 is 5.97 Å². The lowest BCUT2D eigenvalue weighted by Crippen LogP contribution is -2.24. The minimum atomic E-state index is -0.765. The summed E-state index contributed by atoms with van der Waals surface area (Å²) in [5.41, 5.74) is 0. The molecule has 4 nitrogen and oxygen atoms in total. The summed E-state index contributed by atoms with van der Waals surface area (Å²) < 4.78 is 0. The van der Waals surface area contributed by atoms with Crippen molar-refractivity contribution in [1.82, 2.24) is 0 Å². The molecule has 0 aromatic heterocycles. The van der Waals surface area contributed by atoms with Crippen molar-refractivity contribution in [3.05, 3.63) is 60.8 Å². The molecular weight excluding hydrogens is 328 g/mol. The van der Waals surface area contributed by atoms with E-state index < -0.39 is 18.2 Å². The van der Waals surface area contributed by atoms with Gasteiger partial charge in [0.05, 0.1) is 12.2 Å². The second-order valence-electron chi connectivity index (χ2n) is 6.01. The second kappa shape index (κ2) is 17.9. The third-order valence-corrected chi connectivity index (χ3v) is 3.61. The molecule has 0 aromatic carbocycles. The number of carbonyl (C=O) groups is 1. The fourth-order valence-corrected chi connectivity index (χ4v) is 2.09. The van der Waals surface area contributed by atoms with Crippen LogP contribution < -0.4 is 0 Å². The highest BCUT2D eigenvalue weighted by Crippen LogP contribution is 2.06. The van der Waals surface area contributed by atoms with E-state index in [-0.39, 0.29) is 6.42 Å². The summed E-state index contributed by atoms with van der Waals surface area (Å²) in [5, 5.41) is 28.1. The molecule has 0 saturated heterocycles. The van der Waals surface area contributed by atoms with Gasteiger partial charge in [0.25, 0.3) is 0 Å². The lowest BCUT2D eigenvalue weighted by molar-refractivity contribution is -0.136. The topological polar surface area (TPSA) is 77.8 Å². The SMILES string of the molecule is CC/C=C\CC(O)C(O)C/C=C\C/C=C\C/C=C\C/C=C\CCC(=O)O. The Kier molecular flexibility index (Phi) is 16.6. The van der Waals surface area contributed by atoms with Gasteiger partial charge in [-0.3, -0.25) is 4.79 Å². The highest BCUT2D eigenvalue weighted by atomic mass is 16.4. The molecule has 0 aliphatic carbocycles. The van der Waals surface area contributed by atoms with E-state index in [1.165, 1.54) is 0 Å². The number of carboxylic acid groups (broad SMARTS) is 1. The van der Waals surface area contributed by atoms with Crippen molar-refractivity contribution in [2.45, 2.75) is 70.5 Å². The van der Waals surface area contributed by atoms with Gasteiger partial charge in [0.1, 0.15) is 0 Å². The van der Waals surface area contributed by atoms with Gasteiger partial charge in [-0.15, -0.1) is 0 Å². The summed E-state index contributed by atoms with van der Waals surface area (Å²) in [6.45, 7) is 2.04. The van der Waals surface area contributed by atoms with Crippen molar-refractivity contribution in [1.29, 1.82) is 0 Å². The van der Waals surface area contributed by atoms with Crippen molar-refractivity contribution < 1.29 is 20.1 Å². The van der Waals surface area contributed by atoms with Gasteiger partial charge in [-0.25, -0.2) is 0 Å². The molecule has 0 heterocycles. The van der Waals surface area contributed by atoms with Crippen molar-refractivity contribution in [2.75, 3.05) is 0 Å². The number of aliphatic carboxylic acids is 1. The van der Waals surface area contributed by atoms with E-state index in [2.05, 4.69) is 24.3 Å². The lowest BCUT2D eigenvalue weighted by Gasteiger charge is -2.14. The Morgan fingerprint density at radius 2 is 1.15 bits per heavy atom. The van der Waals surface area contributed by atoms with Crippen LogP contribution in [0.1, 0.15) is 58.3 Å². The van der Waals surface area contributed by atoms with E-state index >= 15 is 0 Å². The predicted octanol–water partition coefficient (Wildman–Crippen LogP) is 4.71. The third kappa shape index (κ3) is 16.9. The van der Waals surface area contributed by atoms with Crippen LogP contribution in [0.25, 0.3) is 0 Å². The molecule has 0 bridgehead atoms. The average Bonchev–Trinajstić information content (AvgIpc) is 2.61. The zero-order valence-electron chi connectivity index (χ0n) is 15.8. The van der Waals surface area contributed by atoms with Crippen LogP contribution in [0.15, 0.2) is 60.8 Å². The van der Waals surface area contributed by atoms with Crippen molar-refractivity contribution in [2.24, 2.45) is 0 Å². The standard InChI is InChI=1S/C22H34O4/c1-2-3-14-17-20(23)21(24)18-15-12-10-8-6-4-5-7-9-11-13-16-19-22(25)26/h3,5-8,11-15,20-21,23-24H,2,4,9-10,16-19H2,1H3,(H,25,26)/b7-5-,8-6-,13-11-,14-3-,15-12-. The predicted molar refractivity (Wildman–Crippen MR) is 108 cm³/mol. The maximum atomic E-state index is 10.3. The normalized spacial score (nSPS) is 15.2. The summed E-state index contributed by atoms with van der Waals surface area (Å²) >= 11 is 0. The first-order chi connectivity index (χ1) is 12.6. The van der Waals surface area contributed by atoms with Crippen LogP contribution in [0.2, 0.25) is 0 Å². The van der Waals surface area contributed by atoms with Crippen LogP contribution >= 0.6 is 0 Å². The fraction of sp³-hybridized carbons (Fsp3) is 0.500. The number of hydrogen-bond donors (Lipinski definition) is 3. The summed E-state index contributed by atoms with van der Waals surface area (Å²) in [5.74, 6) is -0.765. The number of aliphatic hydroxyl groups is 2. The minimum absolute atomic E-state index is 0.183. The molecule has 3 N–H and O–H groups in total. The number of aliphatic hydroxyl groups excluding tert-OH is 2. The molecule has 0 rings (SSSR count). The number of rotatable bonds is 15. The van der Waals surface area contributed by atoms with E-state index in [4.69, 9.17) is 5.11 Å². The van der Waals surface area contributed by atoms with Gasteiger partial charge in [0, 0.05) is 6.42 Å². The van der Waals surface area contributed by atoms with Gasteiger partial charge in [0.15, 0.2) is 0 Å². The van der Waals surface area contributed by atoms with Crippen LogP contribution in [0.5, 0.6) is 0 Å². The van der Waals surface area contributed by atoms with Gasteiger partial charge < -0.3 is 15.3 Å². The van der Waals surface area contributed by atoms with Gasteiger partial charge in [-0.05, 0) is 44.9 Å². The molecule has 26 heavy (non-hydrogen) atoms. The maximum absolute atomic E-state index is 10.3. The first kappa shape index (κ1) is 24.1. The van der Waals surface area contributed by atoms with Gasteiger partial charge in [-0.1, -0.05) is 67.7 Å². The van der Waals surface area contributed by atoms with Crippen LogP contribution in [-0.2, 0) is 4.79 Å². The Morgan fingerprint density at radius 1 is 0.731 bits per heavy atom. The number of allylic oxidation sites excluding steroid dienone is 8. The quantitative estimate of drug-likeness (QED) is 0.369. The van der Waals surface area contributed by atoms with E-state index in [9.17, 15) is 15.0 Å². The number of carboxylic acids is 1. The zero-order chi connectivity index (χ0) is 19.5. The van der Waals surface area contributed by atoms with E-state index in [0.29, 0.717) is 19.3 Å². The Hall–Kier alpha value is -1.91. The Morgan fingerprint density at radius 3 is 1.62 bits per heavy atom. The molecule has 0 spiro atoms. The monoisotopic (exact) mass is 362 g/mol. The highest BCUT2D eigenvalue weighted by Gasteiger charge is 2.12. The zero-order valence-corrected chi connectivity index (χ0v) is 15.8. The Bertz CT molecular complexity index is 486. The first-order valence-corrected chi connectivity index (χ1v) is 9.40. The van der Waals surface area contributed by atoms with Crippen LogP contribution in [0.4, 0.5) is 0 Å². The van der Waals surface area contributed by atoms with Crippen LogP contribution in [-0.4, -0.2) is 33.5 Å². The molecule has 0 radical (unpaired) electrons. The maximum Gasteiger partial charge on any atom is 0.303 e. The molecule has 0 aliphatic heterocycles. The smallest absolute Gasteiger partial charge is 0.303 e. The molecule has 0 saturated carbocycles. The summed E-state index contributed by atoms with van der Waals surface area (Å²) in [6.07, 6.45) is 23.6. The third-order valence-electron chi connectivity index (χ3n) is 3.61. The molecule has 2 unspecified atom stereocenters. The first-order valence-electron chi connectivity index (χ1n) is 9.40. The van der Waals surface area contributed by atoms with E-state index in [0.717, 1.165) is 25.7 Å².